The number of carbonyl (C=O) groups excluding carboxylic acids is 1. The van der Waals surface area contributed by atoms with E-state index in [1.54, 1.807) is 25.3 Å². The third-order valence-corrected chi connectivity index (χ3v) is 3.35. The number of benzene rings is 2. The third-order valence-electron chi connectivity index (χ3n) is 3.35. The molecule has 23 heavy (non-hydrogen) atoms. The van der Waals surface area contributed by atoms with E-state index in [1.807, 2.05) is 31.2 Å². The van der Waals surface area contributed by atoms with Crippen molar-refractivity contribution in [2.24, 2.45) is 0 Å². The Hall–Kier alpha value is -2.82. The number of ether oxygens (including phenoxy) is 1. The fourth-order valence-corrected chi connectivity index (χ4v) is 2.03. The number of hydrogen-bond acceptors (Lipinski definition) is 2. The molecule has 120 valence electrons. The van der Waals surface area contributed by atoms with Crippen LogP contribution in [0.2, 0.25) is 0 Å². The monoisotopic (exact) mass is 314 g/mol. The molecule has 2 aromatic rings. The molecule has 0 bridgehead atoms. The summed E-state index contributed by atoms with van der Waals surface area (Å²) in [5.41, 5.74) is 1.37. The quantitative estimate of drug-likeness (QED) is 0.880. The van der Waals surface area contributed by atoms with Gasteiger partial charge in [-0.05, 0) is 36.8 Å². The van der Waals surface area contributed by atoms with E-state index in [0.29, 0.717) is 5.56 Å². The summed E-state index contributed by atoms with van der Waals surface area (Å²) in [4.78, 5) is 11.8. The molecule has 1 unspecified atom stereocenters. The zero-order valence-corrected chi connectivity index (χ0v) is 13.0. The van der Waals surface area contributed by atoms with Crippen molar-refractivity contribution in [3.63, 3.8) is 0 Å². The summed E-state index contributed by atoms with van der Waals surface area (Å²) >= 11 is 0. The molecule has 0 aliphatic rings. The average molecular weight is 314 g/mol. The minimum atomic E-state index is -0.360. The van der Waals surface area contributed by atoms with Gasteiger partial charge in [0.1, 0.15) is 11.6 Å². The molecular weight excluding hydrogens is 295 g/mol. The highest BCUT2D eigenvalue weighted by molar-refractivity contribution is 5.76. The van der Waals surface area contributed by atoms with E-state index in [9.17, 15) is 9.18 Å². The van der Waals surface area contributed by atoms with Gasteiger partial charge in [0.2, 0.25) is 0 Å². The van der Waals surface area contributed by atoms with Gasteiger partial charge < -0.3 is 15.4 Å². The van der Waals surface area contributed by atoms with Crippen molar-refractivity contribution in [2.75, 3.05) is 7.11 Å². The first-order chi connectivity index (χ1) is 11.1. The number of amides is 2. The highest BCUT2D eigenvalue weighted by atomic mass is 19.1. The van der Waals surface area contributed by atoms with Crippen LogP contribution in [0.4, 0.5) is 9.18 Å². The Morgan fingerprint density at radius 2 is 1.87 bits per heavy atom. The maximum absolute atomic E-state index is 13.4. The summed E-state index contributed by atoms with van der Waals surface area (Å²) in [6.45, 7) is 1.88. The van der Waals surface area contributed by atoms with Gasteiger partial charge in [0.15, 0.2) is 0 Å². The van der Waals surface area contributed by atoms with E-state index in [0.717, 1.165) is 11.3 Å². The van der Waals surface area contributed by atoms with Crippen LogP contribution in [0.5, 0.6) is 5.75 Å². The molecule has 0 fully saturated rings. The van der Waals surface area contributed by atoms with Crippen molar-refractivity contribution >= 4 is 12.1 Å². The lowest BCUT2D eigenvalue weighted by atomic mass is 10.1. The van der Waals surface area contributed by atoms with E-state index in [2.05, 4.69) is 10.6 Å². The first-order valence-corrected chi connectivity index (χ1v) is 7.22. The van der Waals surface area contributed by atoms with Gasteiger partial charge in [0.25, 0.3) is 0 Å². The van der Waals surface area contributed by atoms with Crippen LogP contribution < -0.4 is 15.4 Å². The molecule has 2 aromatic carbocycles. The SMILES string of the molecule is COc1ccc(C(C)NC(=O)N/C=C/c2ccccc2F)cc1. The lowest BCUT2D eigenvalue weighted by molar-refractivity contribution is 0.241. The highest BCUT2D eigenvalue weighted by Gasteiger charge is 2.08. The van der Waals surface area contributed by atoms with Crippen LogP contribution in [-0.2, 0) is 0 Å². The fourth-order valence-electron chi connectivity index (χ4n) is 2.03. The zero-order valence-electron chi connectivity index (χ0n) is 13.0. The van der Waals surface area contributed by atoms with Crippen molar-refractivity contribution in [1.82, 2.24) is 10.6 Å². The maximum atomic E-state index is 13.4. The minimum absolute atomic E-state index is 0.164. The Balaban J connectivity index is 1.87. The number of methoxy groups -OCH3 is 1. The first-order valence-electron chi connectivity index (χ1n) is 7.22. The topological polar surface area (TPSA) is 50.4 Å². The van der Waals surface area contributed by atoms with Crippen molar-refractivity contribution < 1.29 is 13.9 Å². The van der Waals surface area contributed by atoms with Gasteiger partial charge >= 0.3 is 6.03 Å². The molecule has 2 amide bonds. The molecule has 1 atom stereocenters. The Kier molecular flexibility index (Phi) is 5.74. The van der Waals surface area contributed by atoms with Crippen LogP contribution in [0.3, 0.4) is 0 Å². The second-order valence-electron chi connectivity index (χ2n) is 4.97. The largest absolute Gasteiger partial charge is 0.497 e. The van der Waals surface area contributed by atoms with E-state index >= 15 is 0 Å². The minimum Gasteiger partial charge on any atom is -0.497 e. The third kappa shape index (κ3) is 4.85. The summed E-state index contributed by atoms with van der Waals surface area (Å²) in [7, 11) is 1.60. The van der Waals surface area contributed by atoms with Gasteiger partial charge in [-0.2, -0.15) is 0 Å². The molecule has 2 N–H and O–H groups in total. The van der Waals surface area contributed by atoms with Gasteiger partial charge in [-0.25, -0.2) is 9.18 Å². The zero-order chi connectivity index (χ0) is 16.7. The lowest BCUT2D eigenvalue weighted by Gasteiger charge is -2.14. The normalized spacial score (nSPS) is 12.0. The molecule has 0 saturated carbocycles. The van der Waals surface area contributed by atoms with Gasteiger partial charge in [-0.15, -0.1) is 0 Å². The van der Waals surface area contributed by atoms with Crippen LogP contribution in [0.25, 0.3) is 6.08 Å². The van der Waals surface area contributed by atoms with Crippen molar-refractivity contribution in [3.05, 3.63) is 71.7 Å². The van der Waals surface area contributed by atoms with Gasteiger partial charge in [0.05, 0.1) is 13.2 Å². The van der Waals surface area contributed by atoms with Crippen LogP contribution in [0, 0.1) is 5.82 Å². The number of rotatable bonds is 5. The number of carbonyl (C=O) groups is 1. The van der Waals surface area contributed by atoms with Gasteiger partial charge in [0, 0.05) is 11.8 Å². The number of halogens is 1. The molecule has 0 aliphatic carbocycles. The number of nitrogens with one attached hydrogen (secondary N) is 2. The van der Waals surface area contributed by atoms with E-state index in [4.69, 9.17) is 4.74 Å². The summed E-state index contributed by atoms with van der Waals surface area (Å²) in [5, 5.41) is 5.36. The molecule has 0 aromatic heterocycles. The second kappa shape index (κ2) is 7.98. The van der Waals surface area contributed by atoms with Gasteiger partial charge in [-0.1, -0.05) is 30.3 Å². The Labute approximate surface area is 135 Å². The fraction of sp³-hybridized carbons (Fsp3) is 0.167. The van der Waals surface area contributed by atoms with Crippen LogP contribution >= 0.6 is 0 Å². The Morgan fingerprint density at radius 1 is 1.17 bits per heavy atom. The lowest BCUT2D eigenvalue weighted by Crippen LogP contribution is -2.34. The molecule has 0 radical (unpaired) electrons. The van der Waals surface area contributed by atoms with Crippen LogP contribution in [-0.4, -0.2) is 13.1 Å². The average Bonchev–Trinajstić information content (AvgIpc) is 2.56. The summed E-state index contributed by atoms with van der Waals surface area (Å²) in [5.74, 6) is 0.427. The highest BCUT2D eigenvalue weighted by Crippen LogP contribution is 2.17. The molecule has 2 rings (SSSR count). The van der Waals surface area contributed by atoms with Gasteiger partial charge in [-0.3, -0.25) is 0 Å². The van der Waals surface area contributed by atoms with E-state index in [1.165, 1.54) is 18.3 Å². The molecule has 0 aliphatic heterocycles. The predicted molar refractivity (Wildman–Crippen MR) is 88.5 cm³/mol. The summed E-state index contributed by atoms with van der Waals surface area (Å²) in [6, 6.07) is 13.3. The molecule has 0 spiro atoms. The molecule has 0 saturated heterocycles. The van der Waals surface area contributed by atoms with Crippen LogP contribution in [0.15, 0.2) is 54.7 Å². The molecule has 4 nitrogen and oxygen atoms in total. The summed E-state index contributed by atoms with van der Waals surface area (Å²) < 4.78 is 18.5. The first kappa shape index (κ1) is 16.5. The van der Waals surface area contributed by atoms with Crippen LogP contribution in [0.1, 0.15) is 24.1 Å². The standard InChI is InChI=1S/C18H19FN2O2/c1-13(14-7-9-16(23-2)10-8-14)21-18(22)20-12-11-15-5-3-4-6-17(15)19/h3-13H,1-2H3,(H2,20,21,22)/b12-11+. The Bertz CT molecular complexity index is 684. The molecule has 5 heteroatoms. The second-order valence-corrected chi connectivity index (χ2v) is 4.97. The predicted octanol–water partition coefficient (Wildman–Crippen LogP) is 3.87. The van der Waals surface area contributed by atoms with E-state index < -0.39 is 0 Å². The number of urea groups is 1. The molecular formula is C18H19FN2O2. The van der Waals surface area contributed by atoms with E-state index in [-0.39, 0.29) is 17.9 Å². The van der Waals surface area contributed by atoms with Crippen molar-refractivity contribution in [1.29, 1.82) is 0 Å². The van der Waals surface area contributed by atoms with Crippen molar-refractivity contribution in [2.45, 2.75) is 13.0 Å². The molecule has 0 heterocycles. The Morgan fingerprint density at radius 3 is 2.52 bits per heavy atom. The smallest absolute Gasteiger partial charge is 0.319 e. The summed E-state index contributed by atoms with van der Waals surface area (Å²) in [6.07, 6.45) is 2.92. The maximum Gasteiger partial charge on any atom is 0.319 e. The van der Waals surface area contributed by atoms with Crippen molar-refractivity contribution in [3.8, 4) is 5.75 Å². The number of hydrogen-bond donors (Lipinski definition) is 2.